The van der Waals surface area contributed by atoms with E-state index in [0.717, 1.165) is 25.7 Å². The van der Waals surface area contributed by atoms with Gasteiger partial charge in [0.1, 0.15) is 6.61 Å². The molecule has 0 aliphatic carbocycles. The van der Waals surface area contributed by atoms with Crippen LogP contribution in [-0.4, -0.2) is 47.7 Å². The lowest BCUT2D eigenvalue weighted by molar-refractivity contribution is -0.142. The zero-order chi connectivity index (χ0) is 16.5. The summed E-state index contributed by atoms with van der Waals surface area (Å²) in [4.78, 5) is 24.9. The number of aliphatic carboxylic acids is 1. The van der Waals surface area contributed by atoms with Gasteiger partial charge >= 0.3 is 5.97 Å². The number of piperidine rings is 1. The molecule has 0 radical (unpaired) electrons. The average Bonchev–Trinajstić information content (AvgIpc) is 2.58. The van der Waals surface area contributed by atoms with Crippen LogP contribution in [0.15, 0.2) is 30.3 Å². The summed E-state index contributed by atoms with van der Waals surface area (Å²) in [5.41, 5.74) is 1.19. The van der Waals surface area contributed by atoms with Crippen molar-refractivity contribution in [2.45, 2.75) is 44.6 Å². The van der Waals surface area contributed by atoms with E-state index in [1.807, 2.05) is 35.2 Å². The molecule has 5 heteroatoms. The fraction of sp³-hybridized carbons (Fsp3) is 0.556. The molecule has 1 saturated heterocycles. The second kappa shape index (κ2) is 9.30. The first-order chi connectivity index (χ1) is 11.2. The van der Waals surface area contributed by atoms with Crippen LogP contribution in [-0.2, 0) is 20.7 Å². The summed E-state index contributed by atoms with van der Waals surface area (Å²) in [7, 11) is 0. The highest BCUT2D eigenvalue weighted by Gasteiger charge is 2.26. The summed E-state index contributed by atoms with van der Waals surface area (Å²) in [5, 5.41) is 8.82. The van der Waals surface area contributed by atoms with E-state index in [4.69, 9.17) is 9.84 Å². The molecular formula is C18H25NO4. The van der Waals surface area contributed by atoms with Crippen molar-refractivity contribution < 1.29 is 19.4 Å². The van der Waals surface area contributed by atoms with Crippen LogP contribution in [0.25, 0.3) is 0 Å². The molecule has 1 amide bonds. The second-order valence-electron chi connectivity index (χ2n) is 5.96. The third-order valence-electron chi connectivity index (χ3n) is 4.24. The zero-order valence-electron chi connectivity index (χ0n) is 13.4. The number of carboxylic acid groups (broad SMARTS) is 1. The number of ether oxygens (including phenoxy) is 1. The smallest absolute Gasteiger partial charge is 0.303 e. The Morgan fingerprint density at radius 1 is 1.22 bits per heavy atom. The van der Waals surface area contributed by atoms with Gasteiger partial charge in [0.25, 0.3) is 0 Å². The number of amides is 1. The van der Waals surface area contributed by atoms with Crippen LogP contribution in [0, 0.1) is 0 Å². The van der Waals surface area contributed by atoms with Crippen molar-refractivity contribution in [1.29, 1.82) is 0 Å². The first-order valence-electron chi connectivity index (χ1n) is 8.30. The van der Waals surface area contributed by atoms with Gasteiger partial charge in [-0.3, -0.25) is 9.59 Å². The number of hydrogen-bond donors (Lipinski definition) is 1. The quantitative estimate of drug-likeness (QED) is 0.748. The van der Waals surface area contributed by atoms with E-state index in [1.165, 1.54) is 5.56 Å². The van der Waals surface area contributed by atoms with Crippen molar-refractivity contribution >= 4 is 11.9 Å². The van der Waals surface area contributed by atoms with Crippen molar-refractivity contribution in [1.82, 2.24) is 4.90 Å². The molecule has 1 atom stereocenters. The third-order valence-corrected chi connectivity index (χ3v) is 4.24. The second-order valence-corrected chi connectivity index (χ2v) is 5.96. The maximum atomic E-state index is 12.3. The molecule has 126 valence electrons. The highest BCUT2D eigenvalue weighted by molar-refractivity contribution is 5.78. The van der Waals surface area contributed by atoms with Crippen molar-refractivity contribution in [3.63, 3.8) is 0 Å². The van der Waals surface area contributed by atoms with E-state index in [-0.39, 0.29) is 25.0 Å². The average molecular weight is 319 g/mol. The van der Waals surface area contributed by atoms with Crippen LogP contribution in [0.1, 0.15) is 37.7 Å². The molecule has 2 rings (SSSR count). The van der Waals surface area contributed by atoms with Gasteiger partial charge < -0.3 is 14.7 Å². The topological polar surface area (TPSA) is 66.8 Å². The van der Waals surface area contributed by atoms with Crippen LogP contribution in [0.5, 0.6) is 0 Å². The van der Waals surface area contributed by atoms with E-state index in [1.54, 1.807) is 0 Å². The third kappa shape index (κ3) is 6.02. The monoisotopic (exact) mass is 319 g/mol. The fourth-order valence-electron chi connectivity index (χ4n) is 3.00. The lowest BCUT2D eigenvalue weighted by Crippen LogP contribution is -2.45. The molecular weight excluding hydrogens is 294 g/mol. The van der Waals surface area contributed by atoms with Gasteiger partial charge in [-0.2, -0.15) is 0 Å². The number of carboxylic acids is 1. The van der Waals surface area contributed by atoms with Crippen LogP contribution in [0.3, 0.4) is 0 Å². The van der Waals surface area contributed by atoms with E-state index in [0.29, 0.717) is 19.6 Å². The molecule has 1 heterocycles. The SMILES string of the molecule is O=C(O)CC[C@H]1CCCCN1C(=O)COCCc1ccccc1. The molecule has 1 aliphatic heterocycles. The molecule has 1 aliphatic rings. The number of carbonyl (C=O) groups excluding carboxylic acids is 1. The van der Waals surface area contributed by atoms with Gasteiger partial charge in [0, 0.05) is 19.0 Å². The van der Waals surface area contributed by atoms with Crippen LogP contribution < -0.4 is 0 Å². The molecule has 1 N–H and O–H groups in total. The minimum Gasteiger partial charge on any atom is -0.481 e. The Morgan fingerprint density at radius 3 is 2.74 bits per heavy atom. The number of benzene rings is 1. The van der Waals surface area contributed by atoms with Gasteiger partial charge in [0.15, 0.2) is 0 Å². The van der Waals surface area contributed by atoms with E-state index < -0.39 is 5.97 Å². The van der Waals surface area contributed by atoms with E-state index >= 15 is 0 Å². The molecule has 5 nitrogen and oxygen atoms in total. The van der Waals surface area contributed by atoms with Gasteiger partial charge in [-0.25, -0.2) is 0 Å². The Balaban J connectivity index is 1.73. The number of likely N-dealkylation sites (tertiary alicyclic amines) is 1. The molecule has 1 fully saturated rings. The van der Waals surface area contributed by atoms with Gasteiger partial charge in [-0.05, 0) is 37.7 Å². The van der Waals surface area contributed by atoms with Gasteiger partial charge in [-0.15, -0.1) is 0 Å². The molecule has 0 saturated carbocycles. The van der Waals surface area contributed by atoms with Gasteiger partial charge in [0.05, 0.1) is 6.61 Å². The molecule has 23 heavy (non-hydrogen) atoms. The molecule has 0 aromatic heterocycles. The van der Waals surface area contributed by atoms with Crippen molar-refractivity contribution in [3.05, 3.63) is 35.9 Å². The lowest BCUT2D eigenvalue weighted by Gasteiger charge is -2.35. The van der Waals surface area contributed by atoms with Gasteiger partial charge in [0.2, 0.25) is 5.91 Å². The summed E-state index contributed by atoms with van der Waals surface area (Å²) in [6.45, 7) is 1.31. The molecule has 0 spiro atoms. The van der Waals surface area contributed by atoms with Crippen LogP contribution in [0.4, 0.5) is 0 Å². The minimum absolute atomic E-state index is 0.0202. The molecule has 0 unspecified atom stereocenters. The summed E-state index contributed by atoms with van der Waals surface area (Å²) < 4.78 is 5.52. The van der Waals surface area contributed by atoms with Crippen LogP contribution in [0.2, 0.25) is 0 Å². The Morgan fingerprint density at radius 2 is 2.00 bits per heavy atom. The first-order valence-corrected chi connectivity index (χ1v) is 8.30. The predicted octanol–water partition coefficient (Wildman–Crippen LogP) is 2.49. The maximum Gasteiger partial charge on any atom is 0.303 e. The molecule has 1 aromatic carbocycles. The lowest BCUT2D eigenvalue weighted by atomic mass is 9.98. The summed E-state index contributed by atoms with van der Waals surface area (Å²) in [6, 6.07) is 10.1. The highest BCUT2D eigenvalue weighted by atomic mass is 16.5. The van der Waals surface area contributed by atoms with E-state index in [9.17, 15) is 9.59 Å². The van der Waals surface area contributed by atoms with Crippen molar-refractivity contribution in [3.8, 4) is 0 Å². The largest absolute Gasteiger partial charge is 0.481 e. The van der Waals surface area contributed by atoms with Crippen LogP contribution >= 0.6 is 0 Å². The van der Waals surface area contributed by atoms with E-state index in [2.05, 4.69) is 0 Å². The highest BCUT2D eigenvalue weighted by Crippen LogP contribution is 2.21. The molecule has 0 bridgehead atoms. The number of hydrogen-bond acceptors (Lipinski definition) is 3. The minimum atomic E-state index is -0.804. The fourth-order valence-corrected chi connectivity index (χ4v) is 3.00. The van der Waals surface area contributed by atoms with Gasteiger partial charge in [-0.1, -0.05) is 30.3 Å². The summed E-state index contributed by atoms with van der Waals surface area (Å²) in [5.74, 6) is -0.824. The normalized spacial score (nSPS) is 17.9. The number of nitrogens with zero attached hydrogens (tertiary/aromatic N) is 1. The summed E-state index contributed by atoms with van der Waals surface area (Å²) in [6.07, 6.45) is 4.37. The summed E-state index contributed by atoms with van der Waals surface area (Å²) >= 11 is 0. The van der Waals surface area contributed by atoms with Crippen molar-refractivity contribution in [2.24, 2.45) is 0 Å². The predicted molar refractivity (Wildman–Crippen MR) is 87.2 cm³/mol. The standard InChI is InChI=1S/C18H25NO4/c20-17(14-23-13-11-15-6-2-1-3-7-15)19-12-5-4-8-16(19)9-10-18(21)22/h1-3,6-7,16H,4-5,8-14H2,(H,21,22)/t16-/m1/s1. The Labute approximate surface area is 137 Å². The molecule has 1 aromatic rings. The Bertz CT molecular complexity index is 503. The Kier molecular flexibility index (Phi) is 7.07. The first kappa shape index (κ1) is 17.5. The van der Waals surface area contributed by atoms with Crippen molar-refractivity contribution in [2.75, 3.05) is 19.8 Å². The Hall–Kier alpha value is -1.88. The number of carbonyl (C=O) groups is 2. The zero-order valence-corrected chi connectivity index (χ0v) is 13.4. The number of rotatable bonds is 8. The maximum absolute atomic E-state index is 12.3.